The Hall–Kier alpha value is -1.99. The van der Waals surface area contributed by atoms with E-state index in [1.54, 1.807) is 7.11 Å². The van der Waals surface area contributed by atoms with E-state index in [1.165, 1.54) is 11.8 Å². The number of carbonyl (C=O) groups is 1. The molecule has 2 N–H and O–H groups in total. The van der Waals surface area contributed by atoms with Crippen molar-refractivity contribution in [3.63, 3.8) is 0 Å². The van der Waals surface area contributed by atoms with E-state index >= 15 is 0 Å². The van der Waals surface area contributed by atoms with Crippen molar-refractivity contribution in [1.82, 2.24) is 4.98 Å². The highest BCUT2D eigenvalue weighted by Gasteiger charge is 2.44. The summed E-state index contributed by atoms with van der Waals surface area (Å²) in [5.41, 5.74) is 0.790. The zero-order valence-electron chi connectivity index (χ0n) is 13.2. The molecule has 0 fully saturated rings. The Morgan fingerprint density at radius 3 is 2.79 bits per heavy atom. The second kappa shape index (κ2) is 6.86. The summed E-state index contributed by atoms with van der Waals surface area (Å²) >= 11 is 2.48. The van der Waals surface area contributed by atoms with Gasteiger partial charge in [0, 0.05) is 21.6 Å². The van der Waals surface area contributed by atoms with Crippen molar-refractivity contribution in [2.45, 2.75) is 23.1 Å². The molecule has 1 aliphatic rings. The number of thiazole rings is 1. The van der Waals surface area contributed by atoms with Crippen LogP contribution in [0.2, 0.25) is 0 Å². The average molecular weight is 363 g/mol. The van der Waals surface area contributed by atoms with E-state index in [0.717, 1.165) is 26.8 Å². The van der Waals surface area contributed by atoms with Gasteiger partial charge in [-0.3, -0.25) is 9.59 Å². The third-order valence-corrected chi connectivity index (χ3v) is 6.41. The van der Waals surface area contributed by atoms with Gasteiger partial charge in [0.25, 0.3) is 0 Å². The van der Waals surface area contributed by atoms with Crippen LogP contribution in [0.5, 0.6) is 5.75 Å². The molecule has 0 aliphatic carbocycles. The summed E-state index contributed by atoms with van der Waals surface area (Å²) in [5.74, 6) is -1.36. The zero-order valence-corrected chi connectivity index (χ0v) is 14.8. The molecule has 3 atom stereocenters. The predicted molar refractivity (Wildman–Crippen MR) is 95.4 cm³/mol. The number of aromatic nitrogens is 1. The predicted octanol–water partition coefficient (Wildman–Crippen LogP) is 3.33. The number of H-pyrrole nitrogens is 1. The van der Waals surface area contributed by atoms with Crippen LogP contribution in [0.4, 0.5) is 0 Å². The molecule has 0 radical (unpaired) electrons. The monoisotopic (exact) mass is 363 g/mol. The van der Waals surface area contributed by atoms with Crippen LogP contribution in [0.25, 0.3) is 0 Å². The van der Waals surface area contributed by atoms with Gasteiger partial charge in [-0.1, -0.05) is 53.4 Å². The number of allylic oxidation sites excluding steroid dienone is 1. The smallest absolute Gasteiger partial charge is 0.308 e. The average Bonchev–Trinajstić information content (AvgIpc) is 2.93. The van der Waals surface area contributed by atoms with Crippen LogP contribution in [-0.2, 0) is 4.79 Å². The van der Waals surface area contributed by atoms with Crippen molar-refractivity contribution >= 4 is 29.1 Å². The van der Waals surface area contributed by atoms with Crippen LogP contribution in [0.3, 0.4) is 0 Å². The van der Waals surface area contributed by atoms with E-state index < -0.39 is 17.8 Å². The van der Waals surface area contributed by atoms with E-state index in [-0.39, 0.29) is 10.1 Å². The quantitative estimate of drug-likeness (QED) is 0.815. The number of nitrogens with one attached hydrogen (secondary N) is 1. The Labute approximate surface area is 147 Å². The maximum atomic E-state index is 12.1. The number of hydrogen-bond donors (Lipinski definition) is 2. The molecule has 0 spiro atoms. The largest absolute Gasteiger partial charge is 0.496 e. The standard InChI is InChI=1S/C17H17NO4S2/c1-3-6-11-13(16(19)20)12(9-7-4-5-8-10(9)22-2)14-15(23-11)18-17(21)24-14/h3-8,11-13H,1-2H3,(H,18,21)(H,19,20)/b6-3+/t11-,12+,13+/m0/s1. The molecule has 0 saturated heterocycles. The molecular formula is C17H17NO4S2. The highest BCUT2D eigenvalue weighted by Crippen LogP contribution is 2.51. The van der Waals surface area contributed by atoms with Crippen molar-refractivity contribution in [2.75, 3.05) is 7.11 Å². The van der Waals surface area contributed by atoms with Crippen LogP contribution < -0.4 is 9.61 Å². The highest BCUT2D eigenvalue weighted by molar-refractivity contribution is 8.00. The second-order valence-corrected chi connectivity index (χ2v) is 7.60. The summed E-state index contributed by atoms with van der Waals surface area (Å²) < 4.78 is 5.44. The number of aromatic amines is 1. The first-order chi connectivity index (χ1) is 11.6. The minimum absolute atomic E-state index is 0.169. The molecule has 0 unspecified atom stereocenters. The summed E-state index contributed by atoms with van der Waals surface area (Å²) in [6.45, 7) is 1.86. The maximum absolute atomic E-state index is 12.1. The first kappa shape index (κ1) is 16.9. The summed E-state index contributed by atoms with van der Waals surface area (Å²) in [4.78, 5) is 27.4. The van der Waals surface area contributed by atoms with Crippen LogP contribution in [0.1, 0.15) is 23.3 Å². The Balaban J connectivity index is 2.24. The number of para-hydroxylation sites is 1. The third kappa shape index (κ3) is 2.89. The number of rotatable bonds is 4. The van der Waals surface area contributed by atoms with Crippen LogP contribution >= 0.6 is 23.1 Å². The molecule has 1 aromatic carbocycles. The third-order valence-electron chi connectivity index (χ3n) is 4.03. The number of fused-ring (bicyclic) bond motifs is 1. The van der Waals surface area contributed by atoms with Gasteiger partial charge in [0.05, 0.1) is 18.1 Å². The lowest BCUT2D eigenvalue weighted by atomic mass is 9.81. The molecule has 2 heterocycles. The first-order valence-corrected chi connectivity index (χ1v) is 9.14. The summed E-state index contributed by atoms with van der Waals surface area (Å²) in [7, 11) is 1.57. The number of benzene rings is 1. The molecule has 0 saturated carbocycles. The van der Waals surface area contributed by atoms with Crippen molar-refractivity contribution in [3.05, 3.63) is 56.5 Å². The van der Waals surface area contributed by atoms with Gasteiger partial charge < -0.3 is 14.8 Å². The Morgan fingerprint density at radius 2 is 2.12 bits per heavy atom. The van der Waals surface area contributed by atoms with E-state index in [0.29, 0.717) is 5.75 Å². The molecule has 126 valence electrons. The summed E-state index contributed by atoms with van der Waals surface area (Å²) in [6, 6.07) is 7.39. The van der Waals surface area contributed by atoms with Gasteiger partial charge in [0.15, 0.2) is 0 Å². The first-order valence-electron chi connectivity index (χ1n) is 7.45. The van der Waals surface area contributed by atoms with Gasteiger partial charge in [0.1, 0.15) is 5.75 Å². The number of carboxylic acids is 1. The topological polar surface area (TPSA) is 79.4 Å². The molecule has 7 heteroatoms. The van der Waals surface area contributed by atoms with Crippen molar-refractivity contribution < 1.29 is 14.6 Å². The van der Waals surface area contributed by atoms with Crippen molar-refractivity contribution in [3.8, 4) is 5.75 Å². The number of thioether (sulfide) groups is 1. The lowest BCUT2D eigenvalue weighted by molar-refractivity contribution is -0.141. The van der Waals surface area contributed by atoms with Gasteiger partial charge >= 0.3 is 10.8 Å². The summed E-state index contributed by atoms with van der Waals surface area (Å²) in [6.07, 6.45) is 3.73. The number of aliphatic carboxylic acids is 1. The molecule has 5 nitrogen and oxygen atoms in total. The molecule has 0 bridgehead atoms. The Kier molecular flexibility index (Phi) is 4.82. The maximum Gasteiger partial charge on any atom is 0.308 e. The van der Waals surface area contributed by atoms with Gasteiger partial charge in [0.2, 0.25) is 0 Å². The zero-order chi connectivity index (χ0) is 17.3. The molecular weight excluding hydrogens is 346 g/mol. The van der Waals surface area contributed by atoms with Crippen molar-refractivity contribution in [1.29, 1.82) is 0 Å². The van der Waals surface area contributed by atoms with Crippen LogP contribution in [0, 0.1) is 5.92 Å². The molecule has 1 aliphatic heterocycles. The fraction of sp³-hybridized carbons (Fsp3) is 0.294. The van der Waals surface area contributed by atoms with Gasteiger partial charge in [-0.15, -0.1) is 0 Å². The number of hydrogen-bond acceptors (Lipinski definition) is 5. The van der Waals surface area contributed by atoms with Gasteiger partial charge in [-0.25, -0.2) is 0 Å². The second-order valence-electron chi connectivity index (χ2n) is 5.40. The normalized spacial score (nSPS) is 23.2. The molecule has 0 amide bonds. The number of ether oxygens (including phenoxy) is 1. The summed E-state index contributed by atoms with van der Waals surface area (Å²) in [5, 5.41) is 10.4. The molecule has 3 rings (SSSR count). The lowest BCUT2D eigenvalue weighted by Crippen LogP contribution is -2.34. The molecule has 24 heavy (non-hydrogen) atoms. The Morgan fingerprint density at radius 1 is 1.38 bits per heavy atom. The minimum atomic E-state index is -0.881. The van der Waals surface area contributed by atoms with E-state index in [1.807, 2.05) is 43.3 Å². The molecule has 2 aromatic rings. The SMILES string of the molecule is C/C=C/[C@@H]1Sc2[nH]c(=O)sc2[C@H](c2ccccc2OC)[C@@H]1C(=O)O. The highest BCUT2D eigenvalue weighted by atomic mass is 32.2. The Bertz CT molecular complexity index is 839. The molecule has 1 aromatic heterocycles. The minimum Gasteiger partial charge on any atom is -0.496 e. The van der Waals surface area contributed by atoms with Crippen molar-refractivity contribution in [2.24, 2.45) is 5.92 Å². The number of methoxy groups -OCH3 is 1. The van der Waals surface area contributed by atoms with Crippen LogP contribution in [0.15, 0.2) is 46.2 Å². The van der Waals surface area contributed by atoms with Gasteiger partial charge in [-0.05, 0) is 13.0 Å². The fourth-order valence-corrected chi connectivity index (χ4v) is 5.62. The van der Waals surface area contributed by atoms with E-state index in [4.69, 9.17) is 4.74 Å². The fourth-order valence-electron chi connectivity index (χ4n) is 3.07. The van der Waals surface area contributed by atoms with E-state index in [9.17, 15) is 14.7 Å². The van der Waals surface area contributed by atoms with Gasteiger partial charge in [-0.2, -0.15) is 0 Å². The van der Waals surface area contributed by atoms with Crippen LogP contribution in [-0.4, -0.2) is 28.4 Å². The van der Waals surface area contributed by atoms with E-state index in [2.05, 4.69) is 4.98 Å². The number of carboxylic acid groups (broad SMARTS) is 1. The lowest BCUT2D eigenvalue weighted by Gasteiger charge is -2.33.